The lowest BCUT2D eigenvalue weighted by Gasteiger charge is -2.03. The van der Waals surface area contributed by atoms with Gasteiger partial charge in [0, 0.05) is 12.6 Å². The summed E-state index contributed by atoms with van der Waals surface area (Å²) < 4.78 is 15.9. The smallest absolute Gasteiger partial charge is 0.138 e. The summed E-state index contributed by atoms with van der Waals surface area (Å²) in [5.74, 6) is 0.926. The first-order valence-electron chi connectivity index (χ1n) is 4.57. The van der Waals surface area contributed by atoms with Gasteiger partial charge in [-0.05, 0) is 35.6 Å². The number of hydrogen-bond acceptors (Lipinski definition) is 1. The van der Waals surface area contributed by atoms with Gasteiger partial charge in [-0.15, -0.1) is 11.6 Å². The van der Waals surface area contributed by atoms with Gasteiger partial charge >= 0.3 is 0 Å². The van der Waals surface area contributed by atoms with E-state index in [1.165, 1.54) is 6.07 Å². The highest BCUT2D eigenvalue weighted by atomic mass is 127. The Hall–Kier alpha value is -0.360. The van der Waals surface area contributed by atoms with E-state index < -0.39 is 0 Å². The van der Waals surface area contributed by atoms with Crippen LogP contribution < -0.4 is 0 Å². The fourth-order valence-electron chi connectivity index (χ4n) is 1.62. The molecule has 0 bridgehead atoms. The average Bonchev–Trinajstić information content (AvgIpc) is 2.56. The number of aromatic nitrogens is 2. The molecule has 0 spiro atoms. The lowest BCUT2D eigenvalue weighted by molar-refractivity contribution is 0.620. The fourth-order valence-corrected chi connectivity index (χ4v) is 2.28. The highest BCUT2D eigenvalue weighted by molar-refractivity contribution is 14.1. The molecule has 1 heterocycles. The van der Waals surface area contributed by atoms with E-state index in [0.717, 1.165) is 23.4 Å². The van der Waals surface area contributed by atoms with Crippen molar-refractivity contribution in [1.82, 2.24) is 9.55 Å². The molecule has 0 N–H and O–H groups in total. The molecule has 1 aromatic heterocycles. The van der Waals surface area contributed by atoms with Gasteiger partial charge < -0.3 is 4.57 Å². The highest BCUT2D eigenvalue weighted by Crippen LogP contribution is 2.22. The summed E-state index contributed by atoms with van der Waals surface area (Å²) in [7, 11) is 0. The third-order valence-electron chi connectivity index (χ3n) is 2.31. The molecule has 80 valence electrons. The summed E-state index contributed by atoms with van der Waals surface area (Å²) in [4.78, 5) is 4.36. The van der Waals surface area contributed by atoms with Gasteiger partial charge in [0.25, 0.3) is 0 Å². The maximum atomic E-state index is 13.4. The monoisotopic (exact) mass is 338 g/mol. The van der Waals surface area contributed by atoms with Gasteiger partial charge in [0.1, 0.15) is 11.6 Å². The Balaban J connectivity index is 2.77. The zero-order valence-electron chi connectivity index (χ0n) is 8.10. The zero-order valence-corrected chi connectivity index (χ0v) is 11.0. The van der Waals surface area contributed by atoms with Gasteiger partial charge in [-0.25, -0.2) is 9.37 Å². The number of rotatable bonds is 2. The molecule has 2 nitrogen and oxygen atoms in total. The van der Waals surface area contributed by atoms with Crippen LogP contribution in [-0.4, -0.2) is 9.55 Å². The summed E-state index contributed by atoms with van der Waals surface area (Å²) in [5, 5.41) is 0. The summed E-state index contributed by atoms with van der Waals surface area (Å²) >= 11 is 7.74. The Bertz CT molecular complexity index is 510. The third-order valence-corrected chi connectivity index (χ3v) is 3.37. The van der Waals surface area contributed by atoms with E-state index in [1.54, 1.807) is 6.07 Å². The second-order valence-corrected chi connectivity index (χ2v) is 4.59. The van der Waals surface area contributed by atoms with Crippen molar-refractivity contribution in [2.75, 3.05) is 0 Å². The van der Waals surface area contributed by atoms with E-state index in [-0.39, 0.29) is 5.82 Å². The number of benzene rings is 1. The SMILES string of the molecule is CCn1c(CCl)nc2cc(I)c(F)cc21. The van der Waals surface area contributed by atoms with Gasteiger partial charge in [-0.2, -0.15) is 0 Å². The molecule has 0 saturated carbocycles. The minimum Gasteiger partial charge on any atom is -0.327 e. The lowest BCUT2D eigenvalue weighted by atomic mass is 10.3. The Labute approximate surface area is 106 Å². The van der Waals surface area contributed by atoms with Gasteiger partial charge in [-0.1, -0.05) is 0 Å². The molecule has 15 heavy (non-hydrogen) atoms. The Morgan fingerprint density at radius 3 is 2.87 bits per heavy atom. The van der Waals surface area contributed by atoms with Crippen LogP contribution in [-0.2, 0) is 12.4 Å². The molecule has 0 unspecified atom stereocenters. The van der Waals surface area contributed by atoms with Crippen molar-refractivity contribution >= 4 is 45.2 Å². The van der Waals surface area contributed by atoms with E-state index in [2.05, 4.69) is 4.98 Å². The molecule has 0 aliphatic rings. The van der Waals surface area contributed by atoms with Crippen LogP contribution in [0.1, 0.15) is 12.7 Å². The molecule has 0 aliphatic heterocycles. The van der Waals surface area contributed by atoms with E-state index in [0.29, 0.717) is 9.45 Å². The predicted octanol–water partition coefficient (Wildman–Crippen LogP) is 3.54. The van der Waals surface area contributed by atoms with Crippen molar-refractivity contribution in [3.05, 3.63) is 27.3 Å². The van der Waals surface area contributed by atoms with Crippen LogP contribution in [0, 0.1) is 9.39 Å². The second-order valence-electron chi connectivity index (χ2n) is 3.16. The average molecular weight is 339 g/mol. The largest absolute Gasteiger partial charge is 0.327 e. The first kappa shape index (κ1) is 11.1. The molecule has 2 rings (SSSR count). The lowest BCUT2D eigenvalue weighted by Crippen LogP contribution is -1.99. The molecule has 0 atom stereocenters. The number of fused-ring (bicyclic) bond motifs is 1. The van der Waals surface area contributed by atoms with Gasteiger partial charge in [0.05, 0.1) is 20.5 Å². The molecule has 0 aliphatic carbocycles. The normalized spacial score (nSPS) is 11.2. The summed E-state index contributed by atoms with van der Waals surface area (Å²) in [6, 6.07) is 3.26. The van der Waals surface area contributed by atoms with Gasteiger partial charge in [-0.3, -0.25) is 0 Å². The molecule has 0 amide bonds. The Kier molecular flexibility index (Phi) is 3.16. The van der Waals surface area contributed by atoms with Crippen LogP contribution in [0.25, 0.3) is 11.0 Å². The summed E-state index contributed by atoms with van der Waals surface area (Å²) in [6.07, 6.45) is 0. The minimum atomic E-state index is -0.209. The van der Waals surface area contributed by atoms with Crippen LogP contribution in [0.4, 0.5) is 4.39 Å². The topological polar surface area (TPSA) is 17.8 Å². The number of hydrogen-bond donors (Lipinski definition) is 0. The molecule has 1 aromatic carbocycles. The third kappa shape index (κ3) is 1.85. The Morgan fingerprint density at radius 1 is 1.53 bits per heavy atom. The van der Waals surface area contributed by atoms with Crippen molar-refractivity contribution in [2.45, 2.75) is 19.3 Å². The predicted molar refractivity (Wildman–Crippen MR) is 67.6 cm³/mol. The van der Waals surface area contributed by atoms with E-state index in [4.69, 9.17) is 11.6 Å². The molecule has 0 saturated heterocycles. The van der Waals surface area contributed by atoms with Crippen molar-refractivity contribution in [2.24, 2.45) is 0 Å². The van der Waals surface area contributed by atoms with Crippen LogP contribution >= 0.6 is 34.2 Å². The highest BCUT2D eigenvalue weighted by Gasteiger charge is 2.11. The molecule has 2 aromatic rings. The maximum absolute atomic E-state index is 13.4. The van der Waals surface area contributed by atoms with E-state index >= 15 is 0 Å². The maximum Gasteiger partial charge on any atom is 0.138 e. The standard InChI is InChI=1S/C10H9ClFIN2/c1-2-15-9-3-6(12)7(13)4-8(9)14-10(15)5-11/h3-4H,2,5H2,1H3. The molecule has 0 fully saturated rings. The Morgan fingerprint density at radius 2 is 2.27 bits per heavy atom. The van der Waals surface area contributed by atoms with E-state index in [9.17, 15) is 4.39 Å². The summed E-state index contributed by atoms with van der Waals surface area (Å²) in [5.41, 5.74) is 1.62. The fraction of sp³-hybridized carbons (Fsp3) is 0.300. The molecule has 5 heteroatoms. The molecular weight excluding hydrogens is 329 g/mol. The number of nitrogens with zero attached hydrogens (tertiary/aromatic N) is 2. The van der Waals surface area contributed by atoms with Gasteiger partial charge in [0.15, 0.2) is 0 Å². The van der Waals surface area contributed by atoms with Crippen LogP contribution in [0.3, 0.4) is 0 Å². The number of alkyl halides is 1. The van der Waals surface area contributed by atoms with Crippen molar-refractivity contribution in [3.63, 3.8) is 0 Å². The van der Waals surface area contributed by atoms with Crippen molar-refractivity contribution < 1.29 is 4.39 Å². The quantitative estimate of drug-likeness (QED) is 0.605. The van der Waals surface area contributed by atoms with Crippen LogP contribution in [0.2, 0.25) is 0 Å². The minimum absolute atomic E-state index is 0.209. The second kappa shape index (κ2) is 4.25. The molecule has 0 radical (unpaired) electrons. The first-order chi connectivity index (χ1) is 7.17. The van der Waals surface area contributed by atoms with Gasteiger partial charge in [0.2, 0.25) is 0 Å². The molecular formula is C10H9ClFIN2. The first-order valence-corrected chi connectivity index (χ1v) is 6.18. The van der Waals surface area contributed by atoms with E-state index in [1.807, 2.05) is 34.1 Å². The van der Waals surface area contributed by atoms with Crippen molar-refractivity contribution in [1.29, 1.82) is 0 Å². The van der Waals surface area contributed by atoms with Crippen LogP contribution in [0.5, 0.6) is 0 Å². The number of imidazole rings is 1. The zero-order chi connectivity index (χ0) is 11.0. The van der Waals surface area contributed by atoms with Crippen LogP contribution in [0.15, 0.2) is 12.1 Å². The number of aryl methyl sites for hydroxylation is 1. The van der Waals surface area contributed by atoms with Crippen molar-refractivity contribution in [3.8, 4) is 0 Å². The number of halogens is 3. The summed E-state index contributed by atoms with van der Waals surface area (Å²) in [6.45, 7) is 2.74.